The Kier molecular flexibility index (Phi) is 5.02. The Bertz CT molecular complexity index is 1130. The standard InChI is InChI=1S/C21H18N2O3S2/c1-3-26-21(24)19-18(22)17-14(12-6-8-13(25-2)9-7-12)11-15(23-20(17)28-19)16-5-4-10-27-16/h4-11H,3,22H2,1-2H3. The van der Waals surface area contributed by atoms with Crippen molar-refractivity contribution in [3.63, 3.8) is 0 Å². The first-order valence-corrected chi connectivity index (χ1v) is 10.4. The SMILES string of the molecule is CCOC(=O)c1sc2nc(-c3cccs3)cc(-c3ccc(OC)cc3)c2c1N. The van der Waals surface area contributed by atoms with Crippen molar-refractivity contribution in [2.24, 2.45) is 0 Å². The van der Waals surface area contributed by atoms with Crippen LogP contribution in [0.5, 0.6) is 5.75 Å². The number of carbonyl (C=O) groups is 1. The maximum Gasteiger partial charge on any atom is 0.350 e. The van der Waals surface area contributed by atoms with Crippen molar-refractivity contribution in [3.05, 3.63) is 52.7 Å². The van der Waals surface area contributed by atoms with Crippen molar-refractivity contribution in [1.82, 2.24) is 4.98 Å². The molecule has 3 heterocycles. The minimum Gasteiger partial charge on any atom is -0.497 e. The van der Waals surface area contributed by atoms with Crippen molar-refractivity contribution in [2.75, 3.05) is 19.5 Å². The number of methoxy groups -OCH3 is 1. The summed E-state index contributed by atoms with van der Waals surface area (Å²) in [6, 6.07) is 13.8. The average molecular weight is 411 g/mol. The van der Waals surface area contributed by atoms with Crippen molar-refractivity contribution in [3.8, 4) is 27.4 Å². The summed E-state index contributed by atoms with van der Waals surface area (Å²) in [5, 5.41) is 2.79. The summed E-state index contributed by atoms with van der Waals surface area (Å²) in [5.74, 6) is 0.361. The fourth-order valence-corrected chi connectivity index (χ4v) is 4.72. The van der Waals surface area contributed by atoms with E-state index >= 15 is 0 Å². The Morgan fingerprint density at radius 3 is 2.64 bits per heavy atom. The second kappa shape index (κ2) is 7.61. The lowest BCUT2D eigenvalue weighted by Gasteiger charge is -2.09. The van der Waals surface area contributed by atoms with Gasteiger partial charge in [-0.3, -0.25) is 0 Å². The number of anilines is 1. The summed E-state index contributed by atoms with van der Waals surface area (Å²) in [7, 11) is 1.64. The number of pyridine rings is 1. The maximum atomic E-state index is 12.3. The Hall–Kier alpha value is -2.90. The van der Waals surface area contributed by atoms with Gasteiger partial charge in [0.1, 0.15) is 15.5 Å². The molecule has 0 unspecified atom stereocenters. The molecule has 1 aromatic carbocycles. The molecule has 7 heteroatoms. The molecule has 0 radical (unpaired) electrons. The van der Waals surface area contributed by atoms with Crippen molar-refractivity contribution >= 4 is 44.5 Å². The molecule has 0 amide bonds. The first-order valence-electron chi connectivity index (χ1n) is 8.70. The number of benzene rings is 1. The molecule has 0 aliphatic heterocycles. The Balaban J connectivity index is 1.97. The van der Waals surface area contributed by atoms with Gasteiger partial charge in [-0.1, -0.05) is 18.2 Å². The van der Waals surface area contributed by atoms with Crippen molar-refractivity contribution < 1.29 is 14.3 Å². The number of hydrogen-bond acceptors (Lipinski definition) is 7. The highest BCUT2D eigenvalue weighted by molar-refractivity contribution is 7.21. The molecule has 142 valence electrons. The average Bonchev–Trinajstić information content (AvgIpc) is 3.36. The molecule has 0 bridgehead atoms. The van der Waals surface area contributed by atoms with E-state index in [2.05, 4.69) is 0 Å². The number of nitrogens with two attached hydrogens (primary N) is 1. The lowest BCUT2D eigenvalue weighted by Crippen LogP contribution is -2.04. The van der Waals surface area contributed by atoms with Gasteiger partial charge in [-0.05, 0) is 47.7 Å². The van der Waals surface area contributed by atoms with Crippen LogP contribution < -0.4 is 10.5 Å². The highest BCUT2D eigenvalue weighted by atomic mass is 32.1. The topological polar surface area (TPSA) is 74.4 Å². The maximum absolute atomic E-state index is 12.3. The van der Waals surface area contributed by atoms with E-state index in [1.807, 2.05) is 47.8 Å². The van der Waals surface area contributed by atoms with Crippen LogP contribution in [-0.4, -0.2) is 24.7 Å². The van der Waals surface area contributed by atoms with Gasteiger partial charge < -0.3 is 15.2 Å². The lowest BCUT2D eigenvalue weighted by atomic mass is 10.0. The van der Waals surface area contributed by atoms with Gasteiger partial charge in [-0.25, -0.2) is 9.78 Å². The largest absolute Gasteiger partial charge is 0.497 e. The molecule has 4 aromatic rings. The molecule has 3 aromatic heterocycles. The third kappa shape index (κ3) is 3.23. The van der Waals surface area contributed by atoms with Crippen LogP contribution in [0.4, 0.5) is 5.69 Å². The van der Waals surface area contributed by atoms with Crippen LogP contribution >= 0.6 is 22.7 Å². The van der Waals surface area contributed by atoms with Gasteiger partial charge in [0.15, 0.2) is 0 Å². The number of esters is 1. The first-order chi connectivity index (χ1) is 13.6. The van der Waals surface area contributed by atoms with Gasteiger partial charge in [0.05, 0.1) is 30.0 Å². The molecule has 0 spiro atoms. The third-order valence-corrected chi connectivity index (χ3v) is 6.31. The van der Waals surface area contributed by atoms with E-state index in [4.69, 9.17) is 20.2 Å². The van der Waals surface area contributed by atoms with E-state index in [-0.39, 0.29) is 0 Å². The van der Waals surface area contributed by atoms with Gasteiger partial charge >= 0.3 is 5.97 Å². The second-order valence-electron chi connectivity index (χ2n) is 6.01. The molecular weight excluding hydrogens is 392 g/mol. The molecule has 4 rings (SSSR count). The van der Waals surface area contributed by atoms with Crippen LogP contribution in [0.3, 0.4) is 0 Å². The lowest BCUT2D eigenvalue weighted by molar-refractivity contribution is 0.0533. The monoisotopic (exact) mass is 410 g/mol. The first kappa shape index (κ1) is 18.5. The van der Waals surface area contributed by atoms with E-state index in [0.717, 1.165) is 37.7 Å². The van der Waals surface area contributed by atoms with Crippen LogP contribution in [0, 0.1) is 0 Å². The number of carbonyl (C=O) groups excluding carboxylic acids is 1. The number of aromatic nitrogens is 1. The number of ether oxygens (including phenoxy) is 2. The van der Waals surface area contributed by atoms with Gasteiger partial charge in [0, 0.05) is 5.39 Å². The fraction of sp³-hybridized carbons (Fsp3) is 0.143. The summed E-state index contributed by atoms with van der Waals surface area (Å²) >= 11 is 2.89. The van der Waals surface area contributed by atoms with Gasteiger partial charge in [-0.15, -0.1) is 22.7 Å². The molecule has 0 saturated carbocycles. The second-order valence-corrected chi connectivity index (χ2v) is 7.95. The van der Waals surface area contributed by atoms with E-state index in [0.29, 0.717) is 17.2 Å². The highest BCUT2D eigenvalue weighted by Gasteiger charge is 2.22. The van der Waals surface area contributed by atoms with E-state index in [1.165, 1.54) is 11.3 Å². The molecule has 0 fully saturated rings. The van der Waals surface area contributed by atoms with E-state index in [9.17, 15) is 4.79 Å². The van der Waals surface area contributed by atoms with Crippen molar-refractivity contribution in [1.29, 1.82) is 0 Å². The van der Waals surface area contributed by atoms with Crippen LogP contribution in [0.1, 0.15) is 16.6 Å². The number of rotatable bonds is 5. The number of nitrogens with zero attached hydrogens (tertiary/aromatic N) is 1. The molecule has 28 heavy (non-hydrogen) atoms. The summed E-state index contributed by atoms with van der Waals surface area (Å²) in [5.41, 5.74) is 9.55. The molecule has 0 aliphatic rings. The molecule has 0 atom stereocenters. The van der Waals surface area contributed by atoms with Crippen LogP contribution in [-0.2, 0) is 4.74 Å². The third-order valence-electron chi connectivity index (χ3n) is 4.33. The number of thiophene rings is 2. The van der Waals surface area contributed by atoms with Crippen LogP contribution in [0.15, 0.2) is 47.8 Å². The summed E-state index contributed by atoms with van der Waals surface area (Å²) in [6.07, 6.45) is 0. The quantitative estimate of drug-likeness (QED) is 0.442. The van der Waals surface area contributed by atoms with E-state index in [1.54, 1.807) is 25.4 Å². The number of hydrogen-bond donors (Lipinski definition) is 1. The Morgan fingerprint density at radius 2 is 2.00 bits per heavy atom. The van der Waals surface area contributed by atoms with E-state index < -0.39 is 5.97 Å². The molecule has 2 N–H and O–H groups in total. The minimum atomic E-state index is -0.415. The molecule has 0 aliphatic carbocycles. The zero-order valence-corrected chi connectivity index (χ0v) is 17.0. The smallest absolute Gasteiger partial charge is 0.350 e. The Morgan fingerprint density at radius 1 is 1.21 bits per heavy atom. The summed E-state index contributed by atoms with van der Waals surface area (Å²) in [4.78, 5) is 19.3. The summed E-state index contributed by atoms with van der Waals surface area (Å²) < 4.78 is 10.4. The predicted octanol–water partition coefficient (Wildman–Crippen LogP) is 5.46. The van der Waals surface area contributed by atoms with Crippen LogP contribution in [0.25, 0.3) is 31.9 Å². The fourth-order valence-electron chi connectivity index (χ4n) is 3.02. The molecule has 0 saturated heterocycles. The zero-order valence-electron chi connectivity index (χ0n) is 15.4. The van der Waals surface area contributed by atoms with Crippen LogP contribution in [0.2, 0.25) is 0 Å². The number of fused-ring (bicyclic) bond motifs is 1. The van der Waals surface area contributed by atoms with Gasteiger partial charge in [-0.2, -0.15) is 0 Å². The van der Waals surface area contributed by atoms with Crippen molar-refractivity contribution in [2.45, 2.75) is 6.92 Å². The number of nitrogen functional groups attached to an aromatic ring is 1. The van der Waals surface area contributed by atoms with Gasteiger partial charge in [0.2, 0.25) is 0 Å². The normalized spacial score (nSPS) is 10.9. The highest BCUT2D eigenvalue weighted by Crippen LogP contribution is 2.42. The molecule has 5 nitrogen and oxygen atoms in total. The zero-order chi connectivity index (χ0) is 19.7. The molecular formula is C21H18N2O3S2. The summed E-state index contributed by atoms with van der Waals surface area (Å²) in [6.45, 7) is 2.07. The minimum absolute atomic E-state index is 0.297. The Labute approximate surface area is 170 Å². The van der Waals surface area contributed by atoms with Gasteiger partial charge in [0.25, 0.3) is 0 Å². The predicted molar refractivity (Wildman–Crippen MR) is 115 cm³/mol.